The summed E-state index contributed by atoms with van der Waals surface area (Å²) >= 11 is 6.24. The molecule has 0 spiro atoms. The maximum Gasteiger partial charge on any atom is 0.244 e. The maximum atomic E-state index is 14.1. The predicted molar refractivity (Wildman–Crippen MR) is 159 cm³/mol. The molecule has 0 aliphatic carbocycles. The van der Waals surface area contributed by atoms with Crippen molar-refractivity contribution < 1.29 is 22.7 Å². The summed E-state index contributed by atoms with van der Waals surface area (Å²) in [6.45, 7) is 3.93. The molecule has 0 unspecified atom stereocenters. The molecule has 214 valence electrons. The molecule has 0 aliphatic rings. The number of hydrogen-bond acceptors (Lipinski definition) is 5. The Balaban J connectivity index is 2.07. The van der Waals surface area contributed by atoms with E-state index in [9.17, 15) is 18.0 Å². The Kier molecular flexibility index (Phi) is 11.0. The number of methoxy groups -OCH3 is 1. The second-order valence-electron chi connectivity index (χ2n) is 9.94. The molecule has 2 amide bonds. The number of sulfonamides is 1. The van der Waals surface area contributed by atoms with E-state index < -0.39 is 28.5 Å². The second kappa shape index (κ2) is 14.2. The Labute approximate surface area is 241 Å². The van der Waals surface area contributed by atoms with Gasteiger partial charge in [-0.2, -0.15) is 0 Å². The lowest BCUT2D eigenvalue weighted by Gasteiger charge is -2.34. The molecule has 3 rings (SSSR count). The fraction of sp³-hybridized carbons (Fsp3) is 0.333. The first-order chi connectivity index (χ1) is 19.0. The number of nitrogens with one attached hydrogen (secondary N) is 1. The van der Waals surface area contributed by atoms with Crippen molar-refractivity contribution in [1.82, 2.24) is 10.2 Å². The molecule has 0 bridgehead atoms. The van der Waals surface area contributed by atoms with Crippen LogP contribution in [0.25, 0.3) is 0 Å². The summed E-state index contributed by atoms with van der Waals surface area (Å²) in [5.41, 5.74) is 1.80. The molecule has 40 heavy (non-hydrogen) atoms. The quantitative estimate of drug-likeness (QED) is 0.318. The van der Waals surface area contributed by atoms with Gasteiger partial charge in [-0.15, -0.1) is 0 Å². The van der Waals surface area contributed by atoms with Crippen molar-refractivity contribution >= 4 is 39.1 Å². The van der Waals surface area contributed by atoms with E-state index in [0.717, 1.165) is 16.1 Å². The van der Waals surface area contributed by atoms with Crippen molar-refractivity contribution in [2.75, 3.05) is 30.8 Å². The Morgan fingerprint density at radius 3 is 2.23 bits per heavy atom. The SMILES string of the molecule is COc1ccccc1N(CC(=O)N(Cc1cccc(Cl)c1)[C@H](Cc1ccccc1)C(=O)NCC(C)C)S(C)(=O)=O. The highest BCUT2D eigenvalue weighted by Crippen LogP contribution is 2.30. The lowest BCUT2D eigenvalue weighted by molar-refractivity contribution is -0.140. The zero-order valence-corrected chi connectivity index (χ0v) is 24.8. The summed E-state index contributed by atoms with van der Waals surface area (Å²) in [6.07, 6.45) is 1.27. The van der Waals surface area contributed by atoms with Crippen LogP contribution in [0.2, 0.25) is 5.02 Å². The van der Waals surface area contributed by atoms with Crippen LogP contribution in [-0.4, -0.2) is 57.6 Å². The molecule has 0 aromatic heterocycles. The number of nitrogens with zero attached hydrogens (tertiary/aromatic N) is 2. The zero-order valence-electron chi connectivity index (χ0n) is 23.2. The highest BCUT2D eigenvalue weighted by atomic mass is 35.5. The smallest absolute Gasteiger partial charge is 0.244 e. The molecular formula is C30H36ClN3O5S. The largest absolute Gasteiger partial charge is 0.495 e. The summed E-state index contributed by atoms with van der Waals surface area (Å²) in [6, 6.07) is 22.1. The summed E-state index contributed by atoms with van der Waals surface area (Å²) in [5, 5.41) is 3.44. The van der Waals surface area contributed by atoms with Gasteiger partial charge in [0, 0.05) is 24.5 Å². The highest BCUT2D eigenvalue weighted by Gasteiger charge is 2.33. The van der Waals surface area contributed by atoms with Crippen molar-refractivity contribution in [3.63, 3.8) is 0 Å². The van der Waals surface area contributed by atoms with Crippen molar-refractivity contribution in [2.24, 2.45) is 5.92 Å². The average Bonchev–Trinajstić information content (AvgIpc) is 2.92. The van der Waals surface area contributed by atoms with E-state index >= 15 is 0 Å². The van der Waals surface area contributed by atoms with Gasteiger partial charge in [0.25, 0.3) is 0 Å². The van der Waals surface area contributed by atoms with Crippen LogP contribution in [0.3, 0.4) is 0 Å². The molecule has 1 atom stereocenters. The van der Waals surface area contributed by atoms with Crippen LogP contribution in [0.5, 0.6) is 5.75 Å². The van der Waals surface area contributed by atoms with E-state index in [0.29, 0.717) is 22.9 Å². The summed E-state index contributed by atoms with van der Waals surface area (Å²) in [4.78, 5) is 29.2. The van der Waals surface area contributed by atoms with E-state index in [1.54, 1.807) is 42.5 Å². The Morgan fingerprint density at radius 1 is 0.950 bits per heavy atom. The number of para-hydroxylation sites is 2. The van der Waals surface area contributed by atoms with Crippen molar-refractivity contribution in [3.05, 3.63) is 95.0 Å². The number of amides is 2. The molecule has 3 aromatic carbocycles. The third-order valence-electron chi connectivity index (χ3n) is 6.23. The van der Waals surface area contributed by atoms with Gasteiger partial charge in [-0.25, -0.2) is 8.42 Å². The van der Waals surface area contributed by atoms with E-state index in [2.05, 4.69) is 5.32 Å². The van der Waals surface area contributed by atoms with E-state index in [1.807, 2.05) is 50.2 Å². The number of rotatable bonds is 13. The van der Waals surface area contributed by atoms with E-state index in [1.165, 1.54) is 12.0 Å². The van der Waals surface area contributed by atoms with Gasteiger partial charge in [-0.1, -0.05) is 80.0 Å². The number of carbonyl (C=O) groups excluding carboxylic acids is 2. The molecule has 1 N–H and O–H groups in total. The van der Waals surface area contributed by atoms with Gasteiger partial charge in [0.1, 0.15) is 18.3 Å². The summed E-state index contributed by atoms with van der Waals surface area (Å²) in [7, 11) is -2.47. The van der Waals surface area contributed by atoms with Gasteiger partial charge in [0.15, 0.2) is 0 Å². The molecule has 0 aliphatic heterocycles. The third kappa shape index (κ3) is 8.72. The van der Waals surface area contributed by atoms with Crippen LogP contribution in [0.15, 0.2) is 78.9 Å². The van der Waals surface area contributed by atoms with Gasteiger partial charge < -0.3 is 15.0 Å². The van der Waals surface area contributed by atoms with Crippen molar-refractivity contribution in [1.29, 1.82) is 0 Å². The topological polar surface area (TPSA) is 96.0 Å². The molecule has 0 saturated heterocycles. The molecule has 0 radical (unpaired) electrons. The van der Waals surface area contributed by atoms with Crippen LogP contribution in [0.4, 0.5) is 5.69 Å². The van der Waals surface area contributed by atoms with Gasteiger partial charge in [-0.05, 0) is 41.3 Å². The Bertz CT molecular complexity index is 1400. The molecule has 0 heterocycles. The fourth-order valence-electron chi connectivity index (χ4n) is 4.24. The molecular weight excluding hydrogens is 550 g/mol. The minimum Gasteiger partial charge on any atom is -0.495 e. The van der Waals surface area contributed by atoms with Crippen LogP contribution in [-0.2, 0) is 32.6 Å². The average molecular weight is 586 g/mol. The van der Waals surface area contributed by atoms with Gasteiger partial charge in [0.05, 0.1) is 19.1 Å². The first kappa shape index (κ1) is 31.0. The molecule has 10 heteroatoms. The number of carbonyl (C=O) groups is 2. The molecule has 3 aromatic rings. The lowest BCUT2D eigenvalue weighted by Crippen LogP contribution is -2.53. The zero-order chi connectivity index (χ0) is 29.3. The molecule has 8 nitrogen and oxygen atoms in total. The monoisotopic (exact) mass is 585 g/mol. The van der Waals surface area contributed by atoms with E-state index in [4.69, 9.17) is 16.3 Å². The number of ether oxygens (including phenoxy) is 1. The van der Waals surface area contributed by atoms with E-state index in [-0.39, 0.29) is 30.5 Å². The second-order valence-corrected chi connectivity index (χ2v) is 12.3. The summed E-state index contributed by atoms with van der Waals surface area (Å²) < 4.78 is 32.3. The maximum absolute atomic E-state index is 14.1. The standard InChI is InChI=1S/C30H36ClN3O5S/c1-22(2)19-32-30(36)27(18-23-11-6-5-7-12-23)33(20-24-13-10-14-25(31)17-24)29(35)21-34(40(4,37)38)26-15-8-9-16-28(26)39-3/h5-17,22,27H,18-21H2,1-4H3,(H,32,36)/t27-/m1/s1. The molecule has 0 saturated carbocycles. The normalized spacial score (nSPS) is 12.1. The van der Waals surface area contributed by atoms with Crippen LogP contribution >= 0.6 is 11.6 Å². The number of halogens is 1. The van der Waals surface area contributed by atoms with Crippen molar-refractivity contribution in [2.45, 2.75) is 32.9 Å². The van der Waals surface area contributed by atoms with Gasteiger partial charge >= 0.3 is 0 Å². The van der Waals surface area contributed by atoms with Crippen LogP contribution < -0.4 is 14.4 Å². The van der Waals surface area contributed by atoms with Crippen LogP contribution in [0, 0.1) is 5.92 Å². The Hall–Kier alpha value is -3.56. The first-order valence-electron chi connectivity index (χ1n) is 13.0. The minimum atomic E-state index is -3.90. The predicted octanol–water partition coefficient (Wildman–Crippen LogP) is 4.53. The lowest BCUT2D eigenvalue weighted by atomic mass is 10.0. The summed E-state index contributed by atoms with van der Waals surface area (Å²) in [5.74, 6) is -0.365. The number of anilines is 1. The molecule has 0 fully saturated rings. The van der Waals surface area contributed by atoms with Gasteiger partial charge in [-0.3, -0.25) is 13.9 Å². The minimum absolute atomic E-state index is 0.0511. The number of benzene rings is 3. The Morgan fingerprint density at radius 2 is 1.60 bits per heavy atom. The fourth-order valence-corrected chi connectivity index (χ4v) is 5.31. The van der Waals surface area contributed by atoms with Gasteiger partial charge in [0.2, 0.25) is 21.8 Å². The number of hydrogen-bond donors (Lipinski definition) is 1. The van der Waals surface area contributed by atoms with Crippen LogP contribution in [0.1, 0.15) is 25.0 Å². The first-order valence-corrected chi connectivity index (χ1v) is 15.2. The highest BCUT2D eigenvalue weighted by molar-refractivity contribution is 7.92. The van der Waals surface area contributed by atoms with Crippen molar-refractivity contribution in [3.8, 4) is 5.75 Å². The third-order valence-corrected chi connectivity index (χ3v) is 7.59.